The third-order valence-electron chi connectivity index (χ3n) is 7.13. The highest BCUT2D eigenvalue weighted by Gasteiger charge is 2.34. The van der Waals surface area contributed by atoms with Crippen LogP contribution in [0.4, 0.5) is 0 Å². The predicted octanol–water partition coefficient (Wildman–Crippen LogP) is 3.92. The summed E-state index contributed by atoms with van der Waals surface area (Å²) in [6.45, 7) is 12.1. The van der Waals surface area contributed by atoms with E-state index in [4.69, 9.17) is 25.1 Å². The molecule has 14 heteroatoms. The zero-order chi connectivity index (χ0) is 34.6. The highest BCUT2D eigenvalue weighted by Crippen LogP contribution is 2.27. The lowest BCUT2D eigenvalue weighted by molar-refractivity contribution is -0.231. The summed E-state index contributed by atoms with van der Waals surface area (Å²) >= 11 is 1.57. The molecule has 0 radical (unpaired) electrons. The van der Waals surface area contributed by atoms with Crippen molar-refractivity contribution >= 4 is 29.5 Å². The van der Waals surface area contributed by atoms with Gasteiger partial charge in [0, 0.05) is 24.8 Å². The fraction of sp³-hybridized carbons (Fsp3) is 0.516. The molecule has 2 amide bonds. The summed E-state index contributed by atoms with van der Waals surface area (Å²) in [6.07, 6.45) is 2.76. The van der Waals surface area contributed by atoms with Gasteiger partial charge in [-0.2, -0.15) is 17.0 Å². The first-order chi connectivity index (χ1) is 21.2. The fourth-order valence-corrected chi connectivity index (χ4v) is 4.18. The number of carbonyl (C=O) groups excluding carboxylic acids is 3. The number of thioether (sulfide) groups is 1. The van der Waals surface area contributed by atoms with Gasteiger partial charge >= 0.3 is 5.97 Å². The second-order valence-electron chi connectivity index (χ2n) is 11.0. The molecule has 0 saturated heterocycles. The number of benzene rings is 2. The minimum absolute atomic E-state index is 0.251. The summed E-state index contributed by atoms with van der Waals surface area (Å²) < 4.78 is 9.87. The van der Waals surface area contributed by atoms with Gasteiger partial charge in [0.1, 0.15) is 17.5 Å². The van der Waals surface area contributed by atoms with E-state index in [0.29, 0.717) is 13.1 Å². The van der Waals surface area contributed by atoms with Crippen LogP contribution in [0.5, 0.6) is 11.5 Å². The molecule has 2 aromatic carbocycles. The summed E-state index contributed by atoms with van der Waals surface area (Å²) in [6, 6.07) is 14.3. The van der Waals surface area contributed by atoms with Gasteiger partial charge in [0.15, 0.2) is 0 Å². The second kappa shape index (κ2) is 21.4. The van der Waals surface area contributed by atoms with Crippen molar-refractivity contribution in [3.05, 3.63) is 59.7 Å². The van der Waals surface area contributed by atoms with Crippen molar-refractivity contribution in [2.45, 2.75) is 77.9 Å². The van der Waals surface area contributed by atoms with Crippen LogP contribution in [0.25, 0.3) is 0 Å². The Labute approximate surface area is 270 Å². The maximum Gasteiger partial charge on any atom is 0.339 e. The normalized spacial score (nSPS) is 12.2. The van der Waals surface area contributed by atoms with E-state index in [9.17, 15) is 14.4 Å². The molecule has 0 aliphatic heterocycles. The average molecular weight is 655 g/mol. The van der Waals surface area contributed by atoms with Gasteiger partial charge in [0.25, 0.3) is 11.8 Å². The first-order valence-corrected chi connectivity index (χ1v) is 15.4. The minimum Gasteiger partial charge on any atom is -0.497 e. The number of hydrogen-bond donors (Lipinski definition) is 7. The lowest BCUT2D eigenvalue weighted by atomic mass is 9.81. The Balaban J connectivity index is 0.000000748. The second-order valence-corrected chi connectivity index (χ2v) is 12.5. The number of hydroxylamine groups is 2. The lowest BCUT2D eigenvalue weighted by Crippen LogP contribution is -2.53. The maximum atomic E-state index is 11.8. The van der Waals surface area contributed by atoms with Gasteiger partial charge in [0.2, 0.25) is 0 Å². The third kappa shape index (κ3) is 15.4. The molecule has 0 aliphatic rings. The van der Waals surface area contributed by atoms with E-state index < -0.39 is 29.9 Å². The van der Waals surface area contributed by atoms with Crippen LogP contribution < -0.4 is 31.1 Å². The Morgan fingerprint density at radius 1 is 0.778 bits per heavy atom. The standard InChI is InChI=1S/C15H24N2O3.C14H22N2O3S.C2H4O3/c1-5-15(2,3)13(14(18)17-19)16-10-11-6-8-12(20-4)9-7-11;1-14(2,20-4)12(13(17)16-18)15-9-10-5-7-11(19-3)8-6-10;1-2(3)5-4/h6-9,13,16,19H,5,10H2,1-4H3,(H,17,18);5-8,12,15,18H,9H2,1-4H3,(H,16,17);4H,1H3. The van der Waals surface area contributed by atoms with Crippen LogP contribution in [0.2, 0.25) is 0 Å². The van der Waals surface area contributed by atoms with Crippen molar-refractivity contribution in [1.82, 2.24) is 21.6 Å². The van der Waals surface area contributed by atoms with E-state index >= 15 is 0 Å². The number of nitrogens with one attached hydrogen (secondary N) is 4. The summed E-state index contributed by atoms with van der Waals surface area (Å²) in [5.74, 6) is 0.0587. The van der Waals surface area contributed by atoms with Crippen LogP contribution in [-0.2, 0) is 32.4 Å². The molecule has 13 nitrogen and oxygen atoms in total. The Morgan fingerprint density at radius 3 is 1.42 bits per heavy atom. The predicted molar refractivity (Wildman–Crippen MR) is 173 cm³/mol. The van der Waals surface area contributed by atoms with E-state index in [-0.39, 0.29) is 10.2 Å². The molecule has 0 aliphatic carbocycles. The lowest BCUT2D eigenvalue weighted by Gasteiger charge is -2.32. The van der Waals surface area contributed by atoms with Crippen LogP contribution in [0.15, 0.2) is 48.5 Å². The molecule has 0 bridgehead atoms. The molecule has 7 N–H and O–H groups in total. The van der Waals surface area contributed by atoms with E-state index in [2.05, 4.69) is 15.5 Å². The smallest absolute Gasteiger partial charge is 0.339 e. The van der Waals surface area contributed by atoms with Gasteiger partial charge in [-0.3, -0.25) is 20.0 Å². The molecule has 45 heavy (non-hydrogen) atoms. The molecule has 2 rings (SSSR count). The SMILES string of the molecule is CC(=O)OO.CCC(C)(C)C(NCc1ccc(OC)cc1)C(=O)NO.COc1ccc(CNC(C(=O)NO)C(C)(C)SC)cc1. The van der Waals surface area contributed by atoms with Crippen LogP contribution >= 0.6 is 11.8 Å². The molecule has 254 valence electrons. The van der Waals surface area contributed by atoms with Crippen molar-refractivity contribution in [2.24, 2.45) is 5.41 Å². The van der Waals surface area contributed by atoms with E-state index in [1.807, 2.05) is 89.4 Å². The molecule has 2 atom stereocenters. The Hall–Kier alpha value is -3.40. The van der Waals surface area contributed by atoms with Crippen molar-refractivity contribution < 1.29 is 44.4 Å². The minimum atomic E-state index is -0.690. The van der Waals surface area contributed by atoms with E-state index in [0.717, 1.165) is 36.0 Å². The van der Waals surface area contributed by atoms with Crippen LogP contribution in [0, 0.1) is 5.41 Å². The molecule has 2 aromatic rings. The van der Waals surface area contributed by atoms with Crippen molar-refractivity contribution in [3.63, 3.8) is 0 Å². The van der Waals surface area contributed by atoms with Crippen molar-refractivity contribution in [1.29, 1.82) is 0 Å². The van der Waals surface area contributed by atoms with Crippen molar-refractivity contribution in [2.75, 3.05) is 20.5 Å². The number of ether oxygens (including phenoxy) is 2. The number of hydrogen-bond acceptors (Lipinski definition) is 12. The van der Waals surface area contributed by atoms with Crippen LogP contribution in [0.1, 0.15) is 59.1 Å². The molecular weight excluding hydrogens is 604 g/mol. The molecule has 0 aromatic heterocycles. The average Bonchev–Trinajstić information content (AvgIpc) is 3.05. The van der Waals surface area contributed by atoms with E-state index in [1.165, 1.54) is 0 Å². The van der Waals surface area contributed by atoms with Gasteiger partial charge in [-0.1, -0.05) is 45.0 Å². The topological polar surface area (TPSA) is 188 Å². The summed E-state index contributed by atoms with van der Waals surface area (Å²) in [7, 11) is 3.24. The first-order valence-electron chi connectivity index (χ1n) is 14.1. The molecule has 0 spiro atoms. The molecule has 0 heterocycles. The van der Waals surface area contributed by atoms with Gasteiger partial charge in [-0.05, 0) is 67.3 Å². The first kappa shape index (κ1) is 41.6. The number of rotatable bonds is 14. The zero-order valence-electron chi connectivity index (χ0n) is 27.6. The molecule has 0 saturated carbocycles. The highest BCUT2D eigenvalue weighted by atomic mass is 32.2. The largest absolute Gasteiger partial charge is 0.497 e. The van der Waals surface area contributed by atoms with Crippen molar-refractivity contribution in [3.8, 4) is 11.5 Å². The Morgan fingerprint density at radius 2 is 1.13 bits per heavy atom. The summed E-state index contributed by atoms with van der Waals surface area (Å²) in [5.41, 5.74) is 5.30. The number of carbonyl (C=O) groups is 3. The third-order valence-corrected chi connectivity index (χ3v) is 8.41. The van der Waals surface area contributed by atoms with E-state index in [1.54, 1.807) is 36.9 Å². The molecular formula is C31H50N4O9S. The zero-order valence-corrected chi connectivity index (χ0v) is 28.4. The van der Waals surface area contributed by atoms with Gasteiger partial charge in [-0.25, -0.2) is 15.8 Å². The maximum absolute atomic E-state index is 11.8. The van der Waals surface area contributed by atoms with Gasteiger partial charge in [0.05, 0.1) is 20.3 Å². The summed E-state index contributed by atoms with van der Waals surface area (Å²) in [4.78, 5) is 36.0. The highest BCUT2D eigenvalue weighted by molar-refractivity contribution is 8.00. The van der Waals surface area contributed by atoms with Gasteiger partial charge < -0.3 is 25.0 Å². The monoisotopic (exact) mass is 654 g/mol. The Kier molecular flexibility index (Phi) is 19.7. The number of methoxy groups -OCH3 is 2. The van der Waals surface area contributed by atoms with Crippen LogP contribution in [-0.4, -0.2) is 70.8 Å². The Bertz CT molecular complexity index is 1060. The molecule has 0 fully saturated rings. The fourth-order valence-electron chi connectivity index (χ4n) is 3.76. The molecule has 2 unspecified atom stereocenters. The quantitative estimate of drug-likeness (QED) is 0.0885. The van der Waals surface area contributed by atoms with Gasteiger partial charge in [-0.15, -0.1) is 0 Å². The summed E-state index contributed by atoms with van der Waals surface area (Å²) in [5, 5.41) is 31.4. The van der Waals surface area contributed by atoms with Crippen LogP contribution in [0.3, 0.4) is 0 Å². The number of amides is 2.